The molecule has 1 aromatic carbocycles. The summed E-state index contributed by atoms with van der Waals surface area (Å²) in [6.45, 7) is 9.01. The first-order valence-electron chi connectivity index (χ1n) is 10.2. The Hall–Kier alpha value is -1.09. The molecule has 26 heavy (non-hydrogen) atoms. The van der Waals surface area contributed by atoms with E-state index < -0.39 is 0 Å². The van der Waals surface area contributed by atoms with Gasteiger partial charge in [-0.05, 0) is 63.1 Å². The average Bonchev–Trinajstić information content (AvgIpc) is 3.09. The summed E-state index contributed by atoms with van der Waals surface area (Å²) in [5.74, 6) is 0. The second kappa shape index (κ2) is 12.3. The summed E-state index contributed by atoms with van der Waals surface area (Å²) in [4.78, 5) is 3.22. The highest BCUT2D eigenvalue weighted by molar-refractivity contribution is 5.37. The molecule has 146 valence electrons. The number of hydrogen-bond donors (Lipinski definition) is 1. The van der Waals surface area contributed by atoms with Crippen molar-refractivity contribution in [3.05, 3.63) is 53.1 Å². The van der Waals surface area contributed by atoms with Crippen LogP contribution in [0.1, 0.15) is 86.6 Å². The quantitative estimate of drug-likeness (QED) is 0.425. The van der Waals surface area contributed by atoms with Gasteiger partial charge >= 0.3 is 0 Å². The number of halogens is 1. The van der Waals surface area contributed by atoms with Crippen LogP contribution in [0.5, 0.6) is 0 Å². The summed E-state index contributed by atoms with van der Waals surface area (Å²) in [5.41, 5.74) is 5.84. The lowest BCUT2D eigenvalue weighted by Crippen LogP contribution is -3.00. The van der Waals surface area contributed by atoms with Gasteiger partial charge in [0, 0.05) is 0 Å². The molecule has 0 saturated heterocycles. The van der Waals surface area contributed by atoms with E-state index in [0.717, 1.165) is 0 Å². The molecule has 1 N–H and O–H groups in total. The van der Waals surface area contributed by atoms with Crippen LogP contribution >= 0.6 is 0 Å². The van der Waals surface area contributed by atoms with E-state index in [2.05, 4.69) is 61.9 Å². The van der Waals surface area contributed by atoms with Crippen LogP contribution in [0, 0.1) is 20.8 Å². The fraction of sp³-hybridized carbons (Fsp3) is 0.609. The third-order valence-electron chi connectivity index (χ3n) is 5.45. The Bertz CT molecular complexity index is 596. The first-order chi connectivity index (χ1) is 12.1. The van der Waals surface area contributed by atoms with Crippen LogP contribution in [0.3, 0.4) is 0 Å². The number of H-pyrrole nitrogens is 1. The highest BCUT2D eigenvalue weighted by atomic mass is 79.9. The minimum Gasteiger partial charge on any atom is -1.00 e. The maximum atomic E-state index is 3.22. The molecule has 3 heteroatoms. The SMILES string of the molecule is CCCCCCCCC(CCc1c(C)cc(C)cc1C)[n+]1cc[nH]c1.[Br-]. The minimum absolute atomic E-state index is 0. The second-order valence-corrected chi connectivity index (χ2v) is 7.68. The summed E-state index contributed by atoms with van der Waals surface area (Å²) in [6.07, 6.45) is 18.3. The number of rotatable bonds is 11. The molecule has 0 aliphatic carbocycles. The zero-order chi connectivity index (χ0) is 18.1. The Morgan fingerprint density at radius 3 is 2.19 bits per heavy atom. The summed E-state index contributed by atoms with van der Waals surface area (Å²) in [5, 5.41) is 0. The molecule has 0 bridgehead atoms. The number of aryl methyl sites for hydroxylation is 3. The van der Waals surface area contributed by atoms with Crippen LogP contribution in [-0.2, 0) is 6.42 Å². The van der Waals surface area contributed by atoms with Gasteiger partial charge in [-0.3, -0.25) is 4.98 Å². The van der Waals surface area contributed by atoms with Gasteiger partial charge in [0.1, 0.15) is 18.4 Å². The lowest BCUT2D eigenvalue weighted by Gasteiger charge is -2.16. The van der Waals surface area contributed by atoms with Crippen molar-refractivity contribution < 1.29 is 21.5 Å². The second-order valence-electron chi connectivity index (χ2n) is 7.68. The number of imidazole rings is 1. The number of aromatic nitrogens is 2. The van der Waals surface area contributed by atoms with Gasteiger partial charge in [0.05, 0.1) is 0 Å². The fourth-order valence-corrected chi connectivity index (χ4v) is 4.05. The summed E-state index contributed by atoms with van der Waals surface area (Å²) >= 11 is 0. The van der Waals surface area contributed by atoms with E-state index >= 15 is 0 Å². The molecular weight excluding hydrogens is 384 g/mol. The van der Waals surface area contributed by atoms with Gasteiger partial charge in [0.2, 0.25) is 6.33 Å². The third kappa shape index (κ3) is 7.26. The fourth-order valence-electron chi connectivity index (χ4n) is 4.05. The Labute approximate surface area is 171 Å². The maximum absolute atomic E-state index is 3.22. The van der Waals surface area contributed by atoms with Crippen LogP contribution in [0.4, 0.5) is 0 Å². The van der Waals surface area contributed by atoms with Crippen molar-refractivity contribution in [3.8, 4) is 0 Å². The normalized spacial score (nSPS) is 12.0. The molecule has 2 aromatic rings. The molecule has 2 rings (SSSR count). The number of hydrogen-bond acceptors (Lipinski definition) is 0. The van der Waals surface area contributed by atoms with E-state index in [4.69, 9.17) is 0 Å². The molecule has 0 radical (unpaired) electrons. The van der Waals surface area contributed by atoms with Crippen molar-refractivity contribution in [1.82, 2.24) is 4.98 Å². The number of nitrogens with zero attached hydrogens (tertiary/aromatic N) is 1. The zero-order valence-electron chi connectivity index (χ0n) is 17.2. The van der Waals surface area contributed by atoms with Crippen molar-refractivity contribution in [3.63, 3.8) is 0 Å². The van der Waals surface area contributed by atoms with Gasteiger partial charge in [-0.1, -0.05) is 56.7 Å². The molecule has 1 aromatic heterocycles. The molecule has 0 fully saturated rings. The van der Waals surface area contributed by atoms with E-state index in [1.165, 1.54) is 74.5 Å². The molecule has 0 aliphatic heterocycles. The summed E-state index contributed by atoms with van der Waals surface area (Å²) in [7, 11) is 0. The first-order valence-corrected chi connectivity index (χ1v) is 10.2. The molecule has 1 unspecified atom stereocenters. The van der Waals surface area contributed by atoms with E-state index in [-0.39, 0.29) is 17.0 Å². The summed E-state index contributed by atoms with van der Waals surface area (Å²) in [6, 6.07) is 5.26. The van der Waals surface area contributed by atoms with Crippen molar-refractivity contribution in [2.75, 3.05) is 0 Å². The average molecular weight is 421 g/mol. The number of aromatic amines is 1. The van der Waals surface area contributed by atoms with Crippen molar-refractivity contribution in [2.45, 2.75) is 91.5 Å². The maximum Gasteiger partial charge on any atom is 0.241 e. The Morgan fingerprint density at radius 2 is 1.58 bits per heavy atom. The number of benzene rings is 1. The van der Waals surface area contributed by atoms with Crippen LogP contribution in [0.2, 0.25) is 0 Å². The molecule has 2 nitrogen and oxygen atoms in total. The molecule has 0 saturated carbocycles. The molecular formula is C23H37BrN2. The lowest BCUT2D eigenvalue weighted by atomic mass is 9.93. The molecule has 0 aliphatic rings. The van der Waals surface area contributed by atoms with E-state index in [1.54, 1.807) is 5.56 Å². The molecule has 1 atom stereocenters. The highest BCUT2D eigenvalue weighted by Crippen LogP contribution is 2.22. The molecule has 0 amide bonds. The number of unbranched alkanes of at least 4 members (excludes halogenated alkanes) is 5. The Kier molecular flexibility index (Phi) is 10.9. The largest absolute Gasteiger partial charge is 1.00 e. The van der Waals surface area contributed by atoms with Crippen LogP contribution in [0.25, 0.3) is 0 Å². The van der Waals surface area contributed by atoms with Crippen LogP contribution < -0.4 is 21.5 Å². The zero-order valence-corrected chi connectivity index (χ0v) is 18.7. The van der Waals surface area contributed by atoms with Gasteiger partial charge in [0.25, 0.3) is 0 Å². The monoisotopic (exact) mass is 420 g/mol. The van der Waals surface area contributed by atoms with Crippen LogP contribution in [-0.4, -0.2) is 4.98 Å². The molecule has 1 heterocycles. The minimum atomic E-state index is 0. The van der Waals surface area contributed by atoms with Crippen molar-refractivity contribution in [1.29, 1.82) is 0 Å². The summed E-state index contributed by atoms with van der Waals surface area (Å²) < 4.78 is 2.38. The highest BCUT2D eigenvalue weighted by Gasteiger charge is 2.16. The van der Waals surface area contributed by atoms with Gasteiger partial charge in [-0.2, -0.15) is 0 Å². The standard InChI is InChI=1S/C23H36N2.BrH/c1-5-6-7-8-9-10-11-22(25-15-14-24-18-25)12-13-23-20(3)16-19(2)17-21(23)4;/h14-18,22H,5-13H2,1-4H3;1H. The Balaban J connectivity index is 0.00000338. The number of nitrogens with one attached hydrogen (secondary N) is 1. The van der Waals surface area contributed by atoms with E-state index in [0.29, 0.717) is 6.04 Å². The van der Waals surface area contributed by atoms with Gasteiger partial charge in [-0.25, -0.2) is 4.57 Å². The van der Waals surface area contributed by atoms with Crippen molar-refractivity contribution in [2.24, 2.45) is 0 Å². The third-order valence-corrected chi connectivity index (χ3v) is 5.45. The van der Waals surface area contributed by atoms with E-state index in [1.807, 2.05) is 6.20 Å². The first kappa shape index (κ1) is 23.0. The Morgan fingerprint density at radius 1 is 0.923 bits per heavy atom. The van der Waals surface area contributed by atoms with Crippen LogP contribution in [0.15, 0.2) is 30.9 Å². The van der Waals surface area contributed by atoms with Gasteiger partial charge in [-0.15, -0.1) is 0 Å². The smallest absolute Gasteiger partial charge is 0.241 e. The molecule has 0 spiro atoms. The van der Waals surface area contributed by atoms with Gasteiger partial charge < -0.3 is 17.0 Å². The van der Waals surface area contributed by atoms with E-state index in [9.17, 15) is 0 Å². The van der Waals surface area contributed by atoms with Crippen molar-refractivity contribution >= 4 is 0 Å². The van der Waals surface area contributed by atoms with Gasteiger partial charge in [0.15, 0.2) is 0 Å². The predicted molar refractivity (Wildman–Crippen MR) is 107 cm³/mol. The predicted octanol–water partition coefficient (Wildman–Crippen LogP) is 3.16. The lowest BCUT2D eigenvalue weighted by molar-refractivity contribution is -0.723. The topological polar surface area (TPSA) is 19.7 Å².